The van der Waals surface area contributed by atoms with Crippen molar-refractivity contribution in [2.45, 2.75) is 18.2 Å². The lowest BCUT2D eigenvalue weighted by molar-refractivity contribution is -0.109. The van der Waals surface area contributed by atoms with Gasteiger partial charge in [0.15, 0.2) is 10.9 Å². The van der Waals surface area contributed by atoms with Gasteiger partial charge in [-0.3, -0.25) is 9.59 Å². The summed E-state index contributed by atoms with van der Waals surface area (Å²) in [6, 6.07) is 24.0. The number of anilines is 2. The van der Waals surface area contributed by atoms with Crippen LogP contribution in [0.3, 0.4) is 0 Å². The maximum Gasteiger partial charge on any atom is 0.186 e. The van der Waals surface area contributed by atoms with Gasteiger partial charge in [0.1, 0.15) is 11.6 Å². The molecule has 2 heterocycles. The smallest absolute Gasteiger partial charge is 0.186 e. The standard InChI is InChI=1S/C26H24N4O2S2/c1-18(31)33-17-24(32)21-8-12-26(28-16-21)30-34-22-9-10-23-20(15-22)7-11-25(29-23)27-14-13-19-5-3-2-4-6-19/h2-12,15-16H,13-14,17H2,1H3,(H,27,29)(H,28,30). The van der Waals surface area contributed by atoms with Crippen molar-refractivity contribution in [3.8, 4) is 0 Å². The molecule has 0 atom stereocenters. The Kier molecular flexibility index (Phi) is 8.17. The summed E-state index contributed by atoms with van der Waals surface area (Å²) >= 11 is 2.45. The van der Waals surface area contributed by atoms with Crippen molar-refractivity contribution >= 4 is 57.1 Å². The molecule has 0 aliphatic rings. The largest absolute Gasteiger partial charge is 0.370 e. The van der Waals surface area contributed by atoms with E-state index in [0.717, 1.165) is 46.3 Å². The van der Waals surface area contributed by atoms with E-state index in [9.17, 15) is 9.59 Å². The minimum absolute atomic E-state index is 0.0721. The van der Waals surface area contributed by atoms with Crippen LogP contribution in [0.15, 0.2) is 83.9 Å². The number of Topliss-reactive ketones (excluding diaryl/α,β-unsaturated/α-hetero) is 1. The fraction of sp³-hybridized carbons (Fsp3) is 0.154. The first-order valence-electron chi connectivity index (χ1n) is 10.8. The Morgan fingerprint density at radius 2 is 1.76 bits per heavy atom. The molecule has 0 radical (unpaired) electrons. The quantitative estimate of drug-likeness (QED) is 0.212. The van der Waals surface area contributed by atoms with E-state index in [1.54, 1.807) is 12.1 Å². The Labute approximate surface area is 207 Å². The Hall–Kier alpha value is -3.36. The number of hydrogen-bond donors (Lipinski definition) is 2. The molecule has 0 aliphatic carbocycles. The molecule has 4 rings (SSSR count). The van der Waals surface area contributed by atoms with E-state index in [1.165, 1.54) is 30.6 Å². The highest BCUT2D eigenvalue weighted by atomic mass is 32.2. The number of thioether (sulfide) groups is 1. The SMILES string of the molecule is CC(=O)SCC(=O)c1ccc(NSc2ccc3nc(NCCc4ccccc4)ccc3c2)nc1. The lowest BCUT2D eigenvalue weighted by atomic mass is 10.1. The normalized spacial score (nSPS) is 10.7. The summed E-state index contributed by atoms with van der Waals surface area (Å²) in [4.78, 5) is 33.1. The third-order valence-corrected chi connectivity index (χ3v) is 6.60. The summed E-state index contributed by atoms with van der Waals surface area (Å²) in [6.07, 6.45) is 2.48. The third-order valence-electron chi connectivity index (χ3n) is 4.99. The molecule has 0 fully saturated rings. The number of benzene rings is 2. The monoisotopic (exact) mass is 488 g/mol. The molecule has 0 bridgehead atoms. The Bertz CT molecular complexity index is 1280. The van der Waals surface area contributed by atoms with Crippen molar-refractivity contribution in [2.75, 3.05) is 22.3 Å². The number of carbonyl (C=O) groups excluding carboxylic acids is 2. The maximum atomic E-state index is 12.1. The van der Waals surface area contributed by atoms with Crippen LogP contribution in [0.2, 0.25) is 0 Å². The summed E-state index contributed by atoms with van der Waals surface area (Å²) in [5, 5.41) is 4.37. The molecule has 0 aliphatic heterocycles. The molecule has 0 amide bonds. The number of nitrogens with zero attached hydrogens (tertiary/aromatic N) is 2. The molecule has 6 nitrogen and oxygen atoms in total. The van der Waals surface area contributed by atoms with Gasteiger partial charge in [0.2, 0.25) is 0 Å². The molecule has 2 N–H and O–H groups in total. The zero-order chi connectivity index (χ0) is 23.8. The molecule has 0 spiro atoms. The van der Waals surface area contributed by atoms with Crippen molar-refractivity contribution in [2.24, 2.45) is 0 Å². The van der Waals surface area contributed by atoms with Gasteiger partial charge in [-0.15, -0.1) is 0 Å². The number of ketones is 1. The van der Waals surface area contributed by atoms with Gasteiger partial charge in [0, 0.05) is 35.5 Å². The van der Waals surface area contributed by atoms with Crippen molar-refractivity contribution < 1.29 is 9.59 Å². The molecule has 0 saturated heterocycles. The van der Waals surface area contributed by atoms with E-state index in [4.69, 9.17) is 4.98 Å². The zero-order valence-electron chi connectivity index (χ0n) is 18.7. The zero-order valence-corrected chi connectivity index (χ0v) is 20.3. The van der Waals surface area contributed by atoms with E-state index in [2.05, 4.69) is 51.4 Å². The number of pyridine rings is 2. The minimum Gasteiger partial charge on any atom is -0.370 e. The van der Waals surface area contributed by atoms with E-state index in [-0.39, 0.29) is 16.7 Å². The molecule has 34 heavy (non-hydrogen) atoms. The number of hydrogen-bond acceptors (Lipinski definition) is 8. The van der Waals surface area contributed by atoms with Crippen LogP contribution >= 0.6 is 23.7 Å². The van der Waals surface area contributed by atoms with Crippen LogP contribution in [0.1, 0.15) is 22.8 Å². The first kappa shape index (κ1) is 23.8. The van der Waals surface area contributed by atoms with Crippen molar-refractivity contribution in [3.05, 3.63) is 90.1 Å². The second-order valence-corrected chi connectivity index (χ2v) is 9.58. The Morgan fingerprint density at radius 1 is 0.941 bits per heavy atom. The molecule has 4 aromatic rings. The molecule has 0 unspecified atom stereocenters. The average Bonchev–Trinajstić information content (AvgIpc) is 2.87. The van der Waals surface area contributed by atoms with Crippen molar-refractivity contribution in [1.29, 1.82) is 0 Å². The fourth-order valence-electron chi connectivity index (χ4n) is 3.23. The maximum absolute atomic E-state index is 12.1. The highest BCUT2D eigenvalue weighted by Crippen LogP contribution is 2.25. The predicted octanol–water partition coefficient (Wildman–Crippen LogP) is 5.87. The molecule has 2 aromatic carbocycles. The van der Waals surface area contributed by atoms with Crippen LogP contribution in [0.25, 0.3) is 10.9 Å². The van der Waals surface area contributed by atoms with Gasteiger partial charge in [-0.1, -0.05) is 42.1 Å². The molecular weight excluding hydrogens is 464 g/mol. The van der Waals surface area contributed by atoms with E-state index < -0.39 is 0 Å². The summed E-state index contributed by atoms with van der Waals surface area (Å²) in [6.45, 7) is 2.28. The van der Waals surface area contributed by atoms with Gasteiger partial charge in [0.05, 0.1) is 11.3 Å². The summed E-state index contributed by atoms with van der Waals surface area (Å²) in [7, 11) is 0. The first-order valence-corrected chi connectivity index (χ1v) is 12.6. The first-order chi connectivity index (χ1) is 16.6. The van der Waals surface area contributed by atoms with Gasteiger partial charge in [-0.25, -0.2) is 9.97 Å². The van der Waals surface area contributed by atoms with Gasteiger partial charge in [0.25, 0.3) is 0 Å². The molecule has 0 saturated carbocycles. The van der Waals surface area contributed by atoms with E-state index in [0.29, 0.717) is 11.4 Å². The van der Waals surface area contributed by atoms with Gasteiger partial charge < -0.3 is 10.0 Å². The average molecular weight is 489 g/mol. The highest BCUT2D eigenvalue weighted by molar-refractivity contribution is 8.14. The summed E-state index contributed by atoms with van der Waals surface area (Å²) < 4.78 is 3.20. The predicted molar refractivity (Wildman–Crippen MR) is 142 cm³/mol. The summed E-state index contributed by atoms with van der Waals surface area (Å²) in [5.74, 6) is 1.54. The number of rotatable bonds is 10. The van der Waals surface area contributed by atoms with Crippen LogP contribution < -0.4 is 10.0 Å². The van der Waals surface area contributed by atoms with Crippen LogP contribution in [-0.4, -0.2) is 33.2 Å². The lowest BCUT2D eigenvalue weighted by Gasteiger charge is -2.09. The van der Waals surface area contributed by atoms with Crippen LogP contribution in [0, 0.1) is 0 Å². The van der Waals surface area contributed by atoms with Crippen LogP contribution in [0.5, 0.6) is 0 Å². The molecule has 8 heteroatoms. The third kappa shape index (κ3) is 6.82. The van der Waals surface area contributed by atoms with Crippen LogP contribution in [0.4, 0.5) is 11.6 Å². The van der Waals surface area contributed by atoms with Gasteiger partial charge in [-0.2, -0.15) is 0 Å². The second kappa shape index (κ2) is 11.7. The minimum atomic E-state index is -0.108. The summed E-state index contributed by atoms with van der Waals surface area (Å²) in [5.41, 5.74) is 2.72. The second-order valence-electron chi connectivity index (χ2n) is 7.55. The Balaban J connectivity index is 1.31. The van der Waals surface area contributed by atoms with Crippen molar-refractivity contribution in [3.63, 3.8) is 0 Å². The Morgan fingerprint density at radius 3 is 2.53 bits per heavy atom. The lowest BCUT2D eigenvalue weighted by Crippen LogP contribution is -2.06. The number of carbonyl (C=O) groups is 2. The molecule has 172 valence electrons. The number of nitrogens with one attached hydrogen (secondary N) is 2. The highest BCUT2D eigenvalue weighted by Gasteiger charge is 2.09. The number of aromatic nitrogens is 2. The molecule has 2 aromatic heterocycles. The van der Waals surface area contributed by atoms with E-state index in [1.807, 2.05) is 24.3 Å². The van der Waals surface area contributed by atoms with Crippen molar-refractivity contribution in [1.82, 2.24) is 9.97 Å². The molecular formula is C26H24N4O2S2. The van der Waals surface area contributed by atoms with Crippen LogP contribution in [-0.2, 0) is 11.2 Å². The fourth-order valence-corrected chi connectivity index (χ4v) is 4.39. The van der Waals surface area contributed by atoms with Gasteiger partial charge >= 0.3 is 0 Å². The number of fused-ring (bicyclic) bond motifs is 1. The topological polar surface area (TPSA) is 84.0 Å². The van der Waals surface area contributed by atoms with Gasteiger partial charge in [-0.05, 0) is 66.4 Å². The van der Waals surface area contributed by atoms with E-state index >= 15 is 0 Å².